The molecule has 8 heteroatoms. The van der Waals surface area contributed by atoms with Crippen LogP contribution >= 0.6 is 35.6 Å². The van der Waals surface area contributed by atoms with Crippen molar-refractivity contribution in [2.24, 2.45) is 5.92 Å². The molecule has 0 radical (unpaired) electrons. The summed E-state index contributed by atoms with van der Waals surface area (Å²) in [6, 6.07) is 5.01. The maximum absolute atomic E-state index is 12.5. The average molecular weight is 395 g/mol. The molecular weight excluding hydrogens is 373 g/mol. The Kier molecular flexibility index (Phi) is 8.84. The highest BCUT2D eigenvalue weighted by atomic mass is 35.5. The lowest BCUT2D eigenvalue weighted by atomic mass is 9.96. The number of nitrogens with one attached hydrogen (secondary N) is 2. The Hall–Kier alpha value is -1.01. The van der Waals surface area contributed by atoms with Crippen LogP contribution in [0.4, 0.5) is 5.69 Å². The van der Waals surface area contributed by atoms with Gasteiger partial charge < -0.3 is 15.5 Å². The summed E-state index contributed by atoms with van der Waals surface area (Å²) in [4.78, 5) is 26.3. The normalized spacial score (nSPS) is 14.6. The van der Waals surface area contributed by atoms with Gasteiger partial charge >= 0.3 is 0 Å². The maximum Gasteiger partial charge on any atom is 0.244 e. The molecule has 2 N–H and O–H groups in total. The summed E-state index contributed by atoms with van der Waals surface area (Å²) in [5.41, 5.74) is 0.381. The van der Waals surface area contributed by atoms with Crippen LogP contribution in [0, 0.1) is 5.92 Å². The molecule has 1 aromatic rings. The van der Waals surface area contributed by atoms with Gasteiger partial charge in [-0.2, -0.15) is 0 Å². The molecule has 0 aliphatic carbocycles. The second-order valence-electron chi connectivity index (χ2n) is 5.52. The number of anilines is 1. The van der Waals surface area contributed by atoms with Crippen molar-refractivity contribution in [1.82, 2.24) is 10.2 Å². The summed E-state index contributed by atoms with van der Waals surface area (Å²) in [5.74, 6) is -0.272. The zero-order valence-corrected chi connectivity index (χ0v) is 15.8. The highest BCUT2D eigenvalue weighted by Crippen LogP contribution is 2.29. The molecular formula is C16H22Cl3N3O2. The SMILES string of the molecule is CCN(CC(=O)Nc1c(Cl)cccc1Cl)C(=O)C1CCNCC1.Cl. The van der Waals surface area contributed by atoms with Gasteiger partial charge in [-0.25, -0.2) is 0 Å². The van der Waals surface area contributed by atoms with Crippen molar-refractivity contribution in [2.45, 2.75) is 19.8 Å². The highest BCUT2D eigenvalue weighted by Gasteiger charge is 2.26. The Morgan fingerprint density at radius 3 is 2.38 bits per heavy atom. The Labute approximate surface area is 158 Å². The van der Waals surface area contributed by atoms with E-state index in [1.165, 1.54) is 0 Å². The van der Waals surface area contributed by atoms with E-state index in [1.807, 2.05) is 6.92 Å². The van der Waals surface area contributed by atoms with E-state index in [2.05, 4.69) is 10.6 Å². The van der Waals surface area contributed by atoms with Gasteiger partial charge in [-0.15, -0.1) is 12.4 Å². The van der Waals surface area contributed by atoms with Gasteiger partial charge in [-0.3, -0.25) is 9.59 Å². The molecule has 1 fully saturated rings. The summed E-state index contributed by atoms with van der Waals surface area (Å²) in [6.07, 6.45) is 1.63. The first-order chi connectivity index (χ1) is 11.0. The van der Waals surface area contributed by atoms with Crippen LogP contribution in [0.3, 0.4) is 0 Å². The van der Waals surface area contributed by atoms with Crippen LogP contribution in [0.25, 0.3) is 0 Å². The maximum atomic E-state index is 12.5. The third-order valence-electron chi connectivity index (χ3n) is 3.94. The fourth-order valence-corrected chi connectivity index (χ4v) is 3.13. The van der Waals surface area contributed by atoms with Crippen LogP contribution in [0.2, 0.25) is 10.0 Å². The number of benzene rings is 1. The number of carbonyl (C=O) groups excluding carboxylic acids is 2. The molecule has 1 heterocycles. The number of amides is 2. The molecule has 24 heavy (non-hydrogen) atoms. The fourth-order valence-electron chi connectivity index (χ4n) is 2.64. The van der Waals surface area contributed by atoms with Crippen molar-refractivity contribution < 1.29 is 9.59 Å². The molecule has 2 amide bonds. The number of piperidine rings is 1. The summed E-state index contributed by atoms with van der Waals surface area (Å²) < 4.78 is 0. The van der Waals surface area contributed by atoms with Crippen LogP contribution in [-0.4, -0.2) is 42.9 Å². The monoisotopic (exact) mass is 393 g/mol. The topological polar surface area (TPSA) is 61.4 Å². The van der Waals surface area contributed by atoms with Crippen LogP contribution in [-0.2, 0) is 9.59 Å². The van der Waals surface area contributed by atoms with Crippen molar-refractivity contribution in [1.29, 1.82) is 0 Å². The van der Waals surface area contributed by atoms with Gasteiger partial charge in [0.05, 0.1) is 22.3 Å². The molecule has 0 atom stereocenters. The van der Waals surface area contributed by atoms with E-state index in [0.29, 0.717) is 22.3 Å². The first kappa shape index (κ1) is 21.0. The molecule has 0 spiro atoms. The summed E-state index contributed by atoms with van der Waals surface area (Å²) in [7, 11) is 0. The van der Waals surface area contributed by atoms with Gasteiger partial charge in [0.2, 0.25) is 11.8 Å². The second-order valence-corrected chi connectivity index (χ2v) is 6.34. The number of para-hydroxylation sites is 1. The summed E-state index contributed by atoms with van der Waals surface area (Å²) >= 11 is 12.1. The lowest BCUT2D eigenvalue weighted by Crippen LogP contribution is -2.44. The van der Waals surface area contributed by atoms with Crippen molar-refractivity contribution in [3.8, 4) is 0 Å². The Morgan fingerprint density at radius 1 is 1.25 bits per heavy atom. The minimum Gasteiger partial charge on any atom is -0.333 e. The smallest absolute Gasteiger partial charge is 0.244 e. The molecule has 1 aliphatic rings. The number of hydrogen-bond donors (Lipinski definition) is 2. The number of nitrogens with zero attached hydrogens (tertiary/aromatic N) is 1. The molecule has 0 aromatic heterocycles. The van der Waals surface area contributed by atoms with Crippen LogP contribution in [0.1, 0.15) is 19.8 Å². The van der Waals surface area contributed by atoms with Crippen molar-refractivity contribution in [2.75, 3.05) is 31.5 Å². The fraction of sp³-hybridized carbons (Fsp3) is 0.500. The van der Waals surface area contributed by atoms with Crippen LogP contribution in [0.5, 0.6) is 0 Å². The number of likely N-dealkylation sites (N-methyl/N-ethyl adjacent to an activating group) is 1. The number of halogens is 3. The predicted molar refractivity (Wildman–Crippen MR) is 100 cm³/mol. The van der Waals surface area contributed by atoms with E-state index in [0.717, 1.165) is 25.9 Å². The van der Waals surface area contributed by atoms with Gasteiger partial charge in [-0.1, -0.05) is 29.3 Å². The third-order valence-corrected chi connectivity index (χ3v) is 4.57. The molecule has 0 bridgehead atoms. The van der Waals surface area contributed by atoms with Crippen LogP contribution in [0.15, 0.2) is 18.2 Å². The molecule has 1 saturated heterocycles. The first-order valence-electron chi connectivity index (χ1n) is 7.76. The third kappa shape index (κ3) is 5.52. The Balaban J connectivity index is 0.00000288. The summed E-state index contributed by atoms with van der Waals surface area (Å²) in [6.45, 7) is 4.05. The van der Waals surface area contributed by atoms with Crippen LogP contribution < -0.4 is 10.6 Å². The lowest BCUT2D eigenvalue weighted by molar-refractivity contribution is -0.138. The van der Waals surface area contributed by atoms with Crippen molar-refractivity contribution in [3.05, 3.63) is 28.2 Å². The minimum absolute atomic E-state index is 0. The van der Waals surface area contributed by atoms with Gasteiger partial charge in [0.1, 0.15) is 0 Å². The predicted octanol–water partition coefficient (Wildman–Crippen LogP) is 3.20. The highest BCUT2D eigenvalue weighted by molar-refractivity contribution is 6.39. The average Bonchev–Trinajstić information content (AvgIpc) is 2.56. The quantitative estimate of drug-likeness (QED) is 0.806. The number of hydrogen-bond acceptors (Lipinski definition) is 3. The summed E-state index contributed by atoms with van der Waals surface area (Å²) in [5, 5.41) is 6.67. The molecule has 1 aliphatic heterocycles. The Bertz CT molecular complexity index is 557. The van der Waals surface area contributed by atoms with Gasteiger partial charge in [0.15, 0.2) is 0 Å². The van der Waals surface area contributed by atoms with Gasteiger partial charge in [0, 0.05) is 12.5 Å². The first-order valence-corrected chi connectivity index (χ1v) is 8.52. The van der Waals surface area contributed by atoms with Gasteiger partial charge in [-0.05, 0) is 45.0 Å². The molecule has 134 valence electrons. The van der Waals surface area contributed by atoms with Gasteiger partial charge in [0.25, 0.3) is 0 Å². The second kappa shape index (κ2) is 10.1. The lowest BCUT2D eigenvalue weighted by Gasteiger charge is -2.28. The van der Waals surface area contributed by atoms with Crippen molar-refractivity contribution in [3.63, 3.8) is 0 Å². The minimum atomic E-state index is -0.302. The van der Waals surface area contributed by atoms with E-state index in [1.54, 1.807) is 23.1 Å². The zero-order valence-electron chi connectivity index (χ0n) is 13.5. The van der Waals surface area contributed by atoms with E-state index in [-0.39, 0.29) is 36.7 Å². The van der Waals surface area contributed by atoms with E-state index < -0.39 is 0 Å². The molecule has 0 unspecified atom stereocenters. The number of rotatable bonds is 5. The molecule has 5 nitrogen and oxygen atoms in total. The number of carbonyl (C=O) groups is 2. The van der Waals surface area contributed by atoms with E-state index in [4.69, 9.17) is 23.2 Å². The van der Waals surface area contributed by atoms with E-state index in [9.17, 15) is 9.59 Å². The standard InChI is InChI=1S/C16H21Cl2N3O2.ClH/c1-2-21(16(23)11-6-8-19-9-7-11)10-14(22)20-15-12(17)4-3-5-13(15)18;/h3-5,11,19H,2,6-10H2,1H3,(H,20,22);1H. The van der Waals surface area contributed by atoms with E-state index >= 15 is 0 Å². The zero-order chi connectivity index (χ0) is 16.8. The Morgan fingerprint density at radius 2 is 1.83 bits per heavy atom. The molecule has 0 saturated carbocycles. The molecule has 2 rings (SSSR count). The molecule has 1 aromatic carbocycles. The van der Waals surface area contributed by atoms with Crippen molar-refractivity contribution >= 4 is 53.1 Å². The largest absolute Gasteiger partial charge is 0.333 e.